The molecule has 0 aliphatic rings. The summed E-state index contributed by atoms with van der Waals surface area (Å²) in [7, 11) is 0. The van der Waals surface area contributed by atoms with E-state index < -0.39 is 0 Å². The second-order valence-corrected chi connectivity index (χ2v) is 7.30. The van der Waals surface area contributed by atoms with Gasteiger partial charge in [0, 0.05) is 6.42 Å². The number of hydrogen-bond donors (Lipinski definition) is 1. The smallest absolute Gasteiger partial charge is 0.246 e. The number of hydrogen-bond acceptors (Lipinski definition) is 6. The minimum atomic E-state index is -0.118. The summed E-state index contributed by atoms with van der Waals surface area (Å²) < 4.78 is 2.82. The number of aromatic nitrogens is 4. The van der Waals surface area contributed by atoms with Gasteiger partial charge in [-0.2, -0.15) is 0 Å². The van der Waals surface area contributed by atoms with Gasteiger partial charge in [0.2, 0.25) is 11.0 Å². The fourth-order valence-electron chi connectivity index (χ4n) is 2.32. The van der Waals surface area contributed by atoms with E-state index in [-0.39, 0.29) is 12.5 Å². The Hall–Kier alpha value is -1.93. The number of benzene rings is 1. The second-order valence-electron chi connectivity index (χ2n) is 4.81. The first kappa shape index (κ1) is 15.9. The van der Waals surface area contributed by atoms with Gasteiger partial charge in [-0.3, -0.25) is 10.1 Å². The molecule has 6 nitrogen and oxygen atoms in total. The lowest BCUT2D eigenvalue weighted by atomic mass is 10.3. The minimum absolute atomic E-state index is 0.118. The largest absolute Gasteiger partial charge is 0.318 e. The summed E-state index contributed by atoms with van der Waals surface area (Å²) >= 11 is 3.01. The quantitative estimate of drug-likeness (QED) is 0.547. The van der Waals surface area contributed by atoms with Gasteiger partial charge >= 0.3 is 0 Å². The Labute approximate surface area is 142 Å². The molecule has 3 aromatic rings. The van der Waals surface area contributed by atoms with Gasteiger partial charge in [0.05, 0.1) is 11.0 Å². The van der Waals surface area contributed by atoms with Crippen LogP contribution in [0.2, 0.25) is 0 Å². The Morgan fingerprint density at radius 1 is 1.30 bits per heavy atom. The molecule has 0 spiro atoms. The maximum Gasteiger partial charge on any atom is 0.246 e. The Kier molecular flexibility index (Phi) is 4.92. The number of fused-ring (bicyclic) bond motifs is 1. The predicted molar refractivity (Wildman–Crippen MR) is 94.0 cm³/mol. The Morgan fingerprint density at radius 3 is 2.91 bits per heavy atom. The van der Waals surface area contributed by atoms with Gasteiger partial charge in [-0.25, -0.2) is 4.98 Å². The lowest BCUT2D eigenvalue weighted by Gasteiger charge is -2.07. The summed E-state index contributed by atoms with van der Waals surface area (Å²) in [4.78, 5) is 16.9. The van der Waals surface area contributed by atoms with Crippen molar-refractivity contribution in [3.63, 3.8) is 0 Å². The van der Waals surface area contributed by atoms with Crippen molar-refractivity contribution in [2.75, 3.05) is 11.1 Å². The lowest BCUT2D eigenvalue weighted by Crippen LogP contribution is -2.20. The normalized spacial score (nSPS) is 11.0. The van der Waals surface area contributed by atoms with Crippen molar-refractivity contribution in [3.05, 3.63) is 30.1 Å². The molecule has 0 saturated heterocycles. The molecule has 0 bridgehead atoms. The Bertz CT molecular complexity index is 826. The molecule has 120 valence electrons. The van der Waals surface area contributed by atoms with Crippen molar-refractivity contribution in [3.8, 4) is 0 Å². The second kappa shape index (κ2) is 7.10. The first-order valence-electron chi connectivity index (χ1n) is 7.41. The van der Waals surface area contributed by atoms with Gasteiger partial charge in [-0.15, -0.1) is 10.2 Å². The van der Waals surface area contributed by atoms with E-state index >= 15 is 0 Å². The number of carbonyl (C=O) groups is 1. The lowest BCUT2D eigenvalue weighted by molar-refractivity contribution is -0.116. The SMILES string of the molecule is CCSc1nnc(NC(=O)Cn2c(CC)nc3ccccc32)s1. The topological polar surface area (TPSA) is 72.7 Å². The van der Waals surface area contributed by atoms with Crippen LogP contribution in [0, 0.1) is 0 Å². The number of para-hydroxylation sites is 2. The highest BCUT2D eigenvalue weighted by Crippen LogP contribution is 2.25. The molecule has 1 N–H and O–H groups in total. The summed E-state index contributed by atoms with van der Waals surface area (Å²) in [5.74, 6) is 1.72. The maximum absolute atomic E-state index is 12.3. The van der Waals surface area contributed by atoms with Crippen molar-refractivity contribution in [2.24, 2.45) is 0 Å². The number of carbonyl (C=O) groups excluding carboxylic acids is 1. The number of amides is 1. The van der Waals surface area contributed by atoms with Crippen molar-refractivity contribution < 1.29 is 4.79 Å². The van der Waals surface area contributed by atoms with Crippen molar-refractivity contribution in [1.82, 2.24) is 19.7 Å². The number of imidazole rings is 1. The first-order valence-corrected chi connectivity index (χ1v) is 9.21. The summed E-state index contributed by atoms with van der Waals surface area (Å²) in [6.45, 7) is 4.31. The summed E-state index contributed by atoms with van der Waals surface area (Å²) in [6.07, 6.45) is 0.776. The Balaban J connectivity index is 1.77. The predicted octanol–water partition coefficient (Wildman–Crippen LogP) is 3.20. The molecule has 0 atom stereocenters. The number of nitrogens with one attached hydrogen (secondary N) is 1. The molecular weight excluding hydrogens is 330 g/mol. The highest BCUT2D eigenvalue weighted by molar-refractivity contribution is 8.01. The molecule has 1 amide bonds. The number of aryl methyl sites for hydroxylation is 1. The van der Waals surface area contributed by atoms with Gasteiger partial charge in [0.1, 0.15) is 12.4 Å². The number of thioether (sulfide) groups is 1. The molecule has 0 fully saturated rings. The number of nitrogens with zero attached hydrogens (tertiary/aromatic N) is 4. The third-order valence-corrected chi connectivity index (χ3v) is 5.13. The third-order valence-electron chi connectivity index (χ3n) is 3.27. The molecule has 0 radical (unpaired) electrons. The van der Waals surface area contributed by atoms with Crippen LogP contribution in [0.15, 0.2) is 28.6 Å². The summed E-state index contributed by atoms with van der Waals surface area (Å²) in [5.41, 5.74) is 1.88. The zero-order valence-corrected chi connectivity index (χ0v) is 14.6. The van der Waals surface area contributed by atoms with Crippen LogP contribution in [0.5, 0.6) is 0 Å². The summed E-state index contributed by atoms with van der Waals surface area (Å²) in [6, 6.07) is 7.85. The zero-order chi connectivity index (χ0) is 16.2. The highest BCUT2D eigenvalue weighted by Gasteiger charge is 2.14. The van der Waals surface area contributed by atoms with Crippen molar-refractivity contribution >= 4 is 45.2 Å². The monoisotopic (exact) mass is 347 g/mol. The van der Waals surface area contributed by atoms with Crippen LogP contribution in [-0.2, 0) is 17.8 Å². The first-order chi connectivity index (χ1) is 11.2. The molecule has 0 saturated carbocycles. The van der Waals surface area contributed by atoms with E-state index in [9.17, 15) is 4.79 Å². The van der Waals surface area contributed by atoms with E-state index in [2.05, 4.69) is 27.4 Å². The van der Waals surface area contributed by atoms with E-state index in [1.165, 1.54) is 11.3 Å². The fraction of sp³-hybridized carbons (Fsp3) is 0.333. The average Bonchev–Trinajstić information content (AvgIpc) is 3.12. The standard InChI is InChI=1S/C15H17N5OS2/c1-3-12-16-10-7-5-6-8-11(10)20(12)9-13(21)17-14-18-19-15(23-14)22-4-2/h5-8H,3-4,9H2,1-2H3,(H,17,18,21). The van der Waals surface area contributed by atoms with Crippen LogP contribution in [0.4, 0.5) is 5.13 Å². The average molecular weight is 347 g/mol. The van der Waals surface area contributed by atoms with Crippen LogP contribution in [0.25, 0.3) is 11.0 Å². The molecule has 8 heteroatoms. The molecule has 2 heterocycles. The van der Waals surface area contributed by atoms with Crippen LogP contribution in [0.3, 0.4) is 0 Å². The van der Waals surface area contributed by atoms with E-state index in [0.29, 0.717) is 5.13 Å². The van der Waals surface area contributed by atoms with E-state index in [1.807, 2.05) is 35.8 Å². The van der Waals surface area contributed by atoms with Crippen LogP contribution in [-0.4, -0.2) is 31.4 Å². The van der Waals surface area contributed by atoms with E-state index in [0.717, 1.165) is 33.4 Å². The van der Waals surface area contributed by atoms with Crippen LogP contribution < -0.4 is 5.32 Å². The number of rotatable bonds is 6. The third kappa shape index (κ3) is 3.53. The van der Waals surface area contributed by atoms with Crippen molar-refractivity contribution in [2.45, 2.75) is 31.2 Å². The van der Waals surface area contributed by atoms with Crippen molar-refractivity contribution in [1.29, 1.82) is 0 Å². The molecule has 0 aliphatic carbocycles. The van der Waals surface area contributed by atoms with Gasteiger partial charge in [-0.05, 0) is 17.9 Å². The fourth-order valence-corrected chi connectivity index (χ4v) is 3.98. The van der Waals surface area contributed by atoms with Gasteiger partial charge in [0.25, 0.3) is 0 Å². The molecule has 3 rings (SSSR count). The van der Waals surface area contributed by atoms with Crippen LogP contribution >= 0.6 is 23.1 Å². The van der Waals surface area contributed by atoms with Gasteiger partial charge < -0.3 is 4.57 Å². The number of anilines is 1. The molecule has 0 unspecified atom stereocenters. The molecular formula is C15H17N5OS2. The molecule has 0 aliphatic heterocycles. The van der Waals surface area contributed by atoms with E-state index in [1.54, 1.807) is 11.8 Å². The van der Waals surface area contributed by atoms with Gasteiger partial charge in [-0.1, -0.05) is 49.1 Å². The molecule has 1 aromatic carbocycles. The Morgan fingerprint density at radius 2 is 2.13 bits per heavy atom. The summed E-state index contributed by atoms with van der Waals surface area (Å²) in [5, 5.41) is 11.4. The van der Waals surface area contributed by atoms with E-state index in [4.69, 9.17) is 0 Å². The minimum Gasteiger partial charge on any atom is -0.318 e. The van der Waals surface area contributed by atoms with Crippen LogP contribution in [0.1, 0.15) is 19.7 Å². The molecule has 2 aromatic heterocycles. The maximum atomic E-state index is 12.3. The highest BCUT2D eigenvalue weighted by atomic mass is 32.2. The van der Waals surface area contributed by atoms with Gasteiger partial charge in [0.15, 0.2) is 4.34 Å². The molecule has 23 heavy (non-hydrogen) atoms. The zero-order valence-electron chi connectivity index (χ0n) is 12.9.